The van der Waals surface area contributed by atoms with E-state index in [1.54, 1.807) is 6.07 Å². The average molecular weight is 307 g/mol. The molecule has 0 aliphatic carbocycles. The van der Waals surface area contributed by atoms with Gasteiger partial charge in [-0.3, -0.25) is 4.68 Å². The summed E-state index contributed by atoms with van der Waals surface area (Å²) in [7, 11) is 1.91. The smallest absolute Gasteiger partial charge is 0.197 e. The van der Waals surface area contributed by atoms with Gasteiger partial charge in [0.15, 0.2) is 5.16 Å². The van der Waals surface area contributed by atoms with E-state index in [-0.39, 0.29) is 0 Å². The highest BCUT2D eigenvalue weighted by atomic mass is 32.2. The summed E-state index contributed by atoms with van der Waals surface area (Å²) >= 11 is 1.42. The Morgan fingerprint density at radius 3 is 2.48 bits per heavy atom. The van der Waals surface area contributed by atoms with Gasteiger partial charge in [-0.05, 0) is 18.7 Å². The Bertz CT molecular complexity index is 615. The van der Waals surface area contributed by atoms with E-state index < -0.39 is 0 Å². The number of nitrogens with two attached hydrogens (primary N) is 2. The molecule has 0 aliphatic heterocycles. The highest BCUT2D eigenvalue weighted by Crippen LogP contribution is 2.30. The van der Waals surface area contributed by atoms with Crippen molar-refractivity contribution in [3.8, 4) is 0 Å². The van der Waals surface area contributed by atoms with Gasteiger partial charge in [-0.15, -0.1) is 0 Å². The van der Waals surface area contributed by atoms with Gasteiger partial charge in [0.25, 0.3) is 0 Å². The van der Waals surface area contributed by atoms with Gasteiger partial charge in [-0.25, -0.2) is 9.97 Å². The van der Waals surface area contributed by atoms with Crippen LogP contribution < -0.4 is 16.8 Å². The Hall–Kier alpha value is -1.80. The zero-order valence-electron chi connectivity index (χ0n) is 12.7. The summed E-state index contributed by atoms with van der Waals surface area (Å²) < 4.78 is 1.83. The zero-order valence-corrected chi connectivity index (χ0v) is 13.5. The first-order valence-corrected chi connectivity index (χ1v) is 7.52. The molecular formula is C13H21N7S. The summed E-state index contributed by atoms with van der Waals surface area (Å²) in [5, 5.41) is 9.40. The molecule has 0 spiro atoms. The third-order valence-corrected chi connectivity index (χ3v) is 3.98. The van der Waals surface area contributed by atoms with Crippen LogP contribution in [-0.2, 0) is 13.6 Å². The van der Waals surface area contributed by atoms with Gasteiger partial charge in [-0.1, -0.05) is 13.8 Å². The van der Waals surface area contributed by atoms with Crippen LogP contribution in [0.3, 0.4) is 0 Å². The molecule has 0 fully saturated rings. The van der Waals surface area contributed by atoms with Crippen LogP contribution >= 0.6 is 11.8 Å². The molecule has 114 valence electrons. The van der Waals surface area contributed by atoms with Gasteiger partial charge < -0.3 is 16.8 Å². The predicted octanol–water partition coefficient (Wildman–Crippen LogP) is 1.33. The van der Waals surface area contributed by atoms with Gasteiger partial charge in [-0.2, -0.15) is 5.10 Å². The number of anilines is 2. The molecular weight excluding hydrogens is 286 g/mol. The summed E-state index contributed by atoms with van der Waals surface area (Å²) in [4.78, 5) is 8.41. The highest BCUT2D eigenvalue weighted by Gasteiger charge is 2.16. The van der Waals surface area contributed by atoms with Crippen LogP contribution in [0.15, 0.2) is 16.2 Å². The second-order valence-electron chi connectivity index (χ2n) is 5.13. The lowest BCUT2D eigenvalue weighted by molar-refractivity contribution is 0.580. The molecule has 8 heteroatoms. The molecule has 0 bridgehead atoms. The molecule has 7 nitrogen and oxygen atoms in total. The van der Waals surface area contributed by atoms with Crippen molar-refractivity contribution >= 4 is 23.4 Å². The van der Waals surface area contributed by atoms with Crippen molar-refractivity contribution in [3.05, 3.63) is 17.3 Å². The van der Waals surface area contributed by atoms with Crippen LogP contribution in [-0.4, -0.2) is 25.8 Å². The minimum Gasteiger partial charge on any atom is -0.383 e. The number of hydrogen-bond donors (Lipinski definition) is 3. The third-order valence-electron chi connectivity index (χ3n) is 2.91. The van der Waals surface area contributed by atoms with E-state index in [1.165, 1.54) is 11.8 Å². The minimum absolute atomic E-state index is 0.366. The van der Waals surface area contributed by atoms with Gasteiger partial charge in [0, 0.05) is 31.3 Å². The fourth-order valence-corrected chi connectivity index (χ4v) is 2.90. The summed E-state index contributed by atoms with van der Waals surface area (Å²) in [5.41, 5.74) is 13.6. The second-order valence-corrected chi connectivity index (χ2v) is 6.09. The minimum atomic E-state index is 0.366. The fourth-order valence-electron chi connectivity index (χ4n) is 1.91. The van der Waals surface area contributed by atoms with Crippen molar-refractivity contribution < 1.29 is 0 Å². The van der Waals surface area contributed by atoms with Gasteiger partial charge in [0.2, 0.25) is 0 Å². The average Bonchev–Trinajstić information content (AvgIpc) is 2.60. The molecule has 2 aromatic rings. The number of nitrogens with one attached hydrogen (secondary N) is 1. The number of nitrogen functional groups attached to an aromatic ring is 2. The fraction of sp³-hybridized carbons (Fsp3) is 0.462. The molecule has 0 radical (unpaired) electrons. The highest BCUT2D eigenvalue weighted by molar-refractivity contribution is 7.99. The summed E-state index contributed by atoms with van der Waals surface area (Å²) in [6.45, 7) is 6.97. The Morgan fingerprint density at radius 2 is 1.90 bits per heavy atom. The molecule has 2 aromatic heterocycles. The maximum absolute atomic E-state index is 5.71. The van der Waals surface area contributed by atoms with E-state index in [9.17, 15) is 0 Å². The molecule has 2 heterocycles. The second kappa shape index (κ2) is 6.31. The molecule has 21 heavy (non-hydrogen) atoms. The van der Waals surface area contributed by atoms with Crippen LogP contribution in [0.4, 0.5) is 11.6 Å². The standard InChI is InChI=1S/C13H21N7S/c1-7(2)16-6-9-8(3)19-20(4)12(9)21-13-17-10(14)5-11(15)18-13/h5,7,16H,6H2,1-4H3,(H4,14,15,17,18). The van der Waals surface area contributed by atoms with E-state index in [2.05, 4.69) is 34.2 Å². The molecule has 0 atom stereocenters. The molecule has 0 amide bonds. The van der Waals surface area contributed by atoms with E-state index in [1.807, 2.05) is 18.7 Å². The summed E-state index contributed by atoms with van der Waals surface area (Å²) in [6, 6.07) is 1.95. The first kappa shape index (κ1) is 15.6. The SMILES string of the molecule is Cc1nn(C)c(Sc2nc(N)cc(N)n2)c1CNC(C)C. The molecule has 0 aliphatic rings. The monoisotopic (exact) mass is 307 g/mol. The number of rotatable bonds is 5. The summed E-state index contributed by atoms with van der Waals surface area (Å²) in [5.74, 6) is 0.733. The maximum atomic E-state index is 5.71. The predicted molar refractivity (Wildman–Crippen MR) is 84.9 cm³/mol. The van der Waals surface area contributed by atoms with Crippen molar-refractivity contribution in [2.24, 2.45) is 7.05 Å². The Labute approximate surface area is 128 Å². The zero-order chi connectivity index (χ0) is 15.6. The number of aromatic nitrogens is 4. The summed E-state index contributed by atoms with van der Waals surface area (Å²) in [6.07, 6.45) is 0. The molecule has 0 aromatic carbocycles. The van der Waals surface area contributed by atoms with Gasteiger partial charge in [0.05, 0.1) is 5.69 Å². The lowest BCUT2D eigenvalue weighted by Gasteiger charge is -2.10. The molecule has 0 saturated heterocycles. The topological polar surface area (TPSA) is 108 Å². The van der Waals surface area contributed by atoms with Gasteiger partial charge in [0.1, 0.15) is 16.7 Å². The number of nitrogens with zero attached hydrogens (tertiary/aromatic N) is 4. The first-order valence-electron chi connectivity index (χ1n) is 6.70. The van der Waals surface area contributed by atoms with Crippen molar-refractivity contribution in [2.75, 3.05) is 11.5 Å². The van der Waals surface area contributed by atoms with Crippen LogP contribution in [0, 0.1) is 6.92 Å². The van der Waals surface area contributed by atoms with E-state index in [0.717, 1.165) is 22.8 Å². The number of aryl methyl sites for hydroxylation is 2. The van der Waals surface area contributed by atoms with E-state index >= 15 is 0 Å². The van der Waals surface area contributed by atoms with Crippen molar-refractivity contribution in [2.45, 2.75) is 43.5 Å². The third kappa shape index (κ3) is 3.85. The van der Waals surface area contributed by atoms with Crippen LogP contribution in [0.25, 0.3) is 0 Å². The lowest BCUT2D eigenvalue weighted by Crippen LogP contribution is -2.22. The Kier molecular flexibility index (Phi) is 4.69. The van der Waals surface area contributed by atoms with Crippen molar-refractivity contribution in [1.82, 2.24) is 25.1 Å². The van der Waals surface area contributed by atoms with Crippen LogP contribution in [0.2, 0.25) is 0 Å². The lowest BCUT2D eigenvalue weighted by atomic mass is 10.2. The van der Waals surface area contributed by atoms with Crippen LogP contribution in [0.1, 0.15) is 25.1 Å². The van der Waals surface area contributed by atoms with E-state index in [4.69, 9.17) is 11.5 Å². The quantitative estimate of drug-likeness (QED) is 0.715. The van der Waals surface area contributed by atoms with E-state index in [0.29, 0.717) is 22.8 Å². The number of hydrogen-bond acceptors (Lipinski definition) is 7. The van der Waals surface area contributed by atoms with Crippen molar-refractivity contribution in [1.29, 1.82) is 0 Å². The molecule has 5 N–H and O–H groups in total. The van der Waals surface area contributed by atoms with Crippen molar-refractivity contribution in [3.63, 3.8) is 0 Å². The Morgan fingerprint density at radius 1 is 1.29 bits per heavy atom. The normalized spacial score (nSPS) is 11.3. The van der Waals surface area contributed by atoms with Crippen LogP contribution in [0.5, 0.6) is 0 Å². The van der Waals surface area contributed by atoms with Gasteiger partial charge >= 0.3 is 0 Å². The maximum Gasteiger partial charge on any atom is 0.197 e. The first-order chi connectivity index (χ1) is 9.86. The molecule has 2 rings (SSSR count). The molecule has 0 saturated carbocycles. The largest absolute Gasteiger partial charge is 0.383 e. The molecule has 0 unspecified atom stereocenters. The Balaban J connectivity index is 2.30.